The number of amides is 1. The number of carbonyl (C=O) groups is 1. The van der Waals surface area contributed by atoms with Crippen LogP contribution in [0.3, 0.4) is 0 Å². The Morgan fingerprint density at radius 3 is 2.63 bits per heavy atom. The standard InChI is InChI=1S/C21H19N5O3S.C4H9N/c1-3-5-12(4-2)25-8-9-29-16-7-6-13(10-14(16)25)26-15-11-17(19(23)27)30-20(15)24-18(22)21(26)28;1-2-4-5-3-1/h3-7,10-11H,1-2,8-9H2,(H2,22,24)(H2,23,27);5H,1-4H2/b12-5+;. The van der Waals surface area contributed by atoms with Crippen molar-refractivity contribution in [2.24, 2.45) is 5.73 Å². The van der Waals surface area contributed by atoms with E-state index in [1.54, 1.807) is 30.4 Å². The van der Waals surface area contributed by atoms with Crippen molar-refractivity contribution < 1.29 is 9.53 Å². The Hall–Kier alpha value is -3.89. The molecular weight excluding hydrogens is 464 g/mol. The molecule has 3 aromatic rings. The van der Waals surface area contributed by atoms with E-state index in [1.807, 2.05) is 17.0 Å². The van der Waals surface area contributed by atoms with E-state index in [4.69, 9.17) is 16.2 Å². The molecule has 5 N–H and O–H groups in total. The van der Waals surface area contributed by atoms with Crippen LogP contribution in [-0.2, 0) is 0 Å². The van der Waals surface area contributed by atoms with Gasteiger partial charge in [0, 0.05) is 5.70 Å². The monoisotopic (exact) mass is 492 g/mol. The molecule has 2 aliphatic rings. The van der Waals surface area contributed by atoms with Crippen LogP contribution in [0.2, 0.25) is 0 Å². The van der Waals surface area contributed by atoms with Gasteiger partial charge in [-0.1, -0.05) is 19.2 Å². The van der Waals surface area contributed by atoms with Crippen molar-refractivity contribution in [2.45, 2.75) is 12.8 Å². The van der Waals surface area contributed by atoms with E-state index >= 15 is 0 Å². The van der Waals surface area contributed by atoms with E-state index in [1.165, 1.54) is 30.5 Å². The summed E-state index contributed by atoms with van der Waals surface area (Å²) >= 11 is 1.09. The van der Waals surface area contributed by atoms with E-state index in [0.29, 0.717) is 39.8 Å². The lowest BCUT2D eigenvalue weighted by Gasteiger charge is -2.32. The summed E-state index contributed by atoms with van der Waals surface area (Å²) in [5.41, 5.74) is 13.4. The SMILES string of the molecule is C1CCNC1.C=C/C=C(\C=C)N1CCOc2ccc(-n3c(=O)c(N)nc4sc(C(N)=O)cc43)cc21. The fourth-order valence-electron chi connectivity index (χ4n) is 4.00. The van der Waals surface area contributed by atoms with Gasteiger partial charge in [-0.2, -0.15) is 0 Å². The number of rotatable bonds is 5. The Kier molecular flexibility index (Phi) is 7.33. The quantitative estimate of drug-likeness (QED) is 0.467. The van der Waals surface area contributed by atoms with Crippen LogP contribution in [0.15, 0.2) is 66.1 Å². The third-order valence-corrected chi connectivity index (χ3v) is 6.68. The molecule has 2 aliphatic heterocycles. The summed E-state index contributed by atoms with van der Waals surface area (Å²) in [5, 5.41) is 3.22. The number of aromatic nitrogens is 2. The van der Waals surface area contributed by atoms with Gasteiger partial charge in [0.25, 0.3) is 11.5 Å². The van der Waals surface area contributed by atoms with Gasteiger partial charge in [0.2, 0.25) is 0 Å². The molecule has 0 aliphatic carbocycles. The van der Waals surface area contributed by atoms with Gasteiger partial charge in [-0.15, -0.1) is 11.3 Å². The summed E-state index contributed by atoms with van der Waals surface area (Å²) in [5.74, 6) is -0.0772. The highest BCUT2D eigenvalue weighted by molar-refractivity contribution is 7.20. The molecule has 0 unspecified atom stereocenters. The Morgan fingerprint density at radius 1 is 1.23 bits per heavy atom. The number of nitrogens with two attached hydrogens (primary N) is 2. The molecule has 182 valence electrons. The first-order valence-electron chi connectivity index (χ1n) is 11.3. The molecule has 2 aromatic heterocycles. The number of thiophene rings is 1. The molecule has 10 heteroatoms. The number of hydrogen-bond donors (Lipinski definition) is 3. The largest absolute Gasteiger partial charge is 0.490 e. The second-order valence-electron chi connectivity index (χ2n) is 7.94. The molecule has 35 heavy (non-hydrogen) atoms. The first kappa shape index (κ1) is 24.2. The van der Waals surface area contributed by atoms with Crippen LogP contribution < -0.4 is 32.0 Å². The maximum atomic E-state index is 12.9. The van der Waals surface area contributed by atoms with Crippen LogP contribution in [-0.4, -0.2) is 41.7 Å². The first-order chi connectivity index (χ1) is 16.9. The Labute approximate surface area is 207 Å². The van der Waals surface area contributed by atoms with Crippen molar-refractivity contribution in [3.63, 3.8) is 0 Å². The van der Waals surface area contributed by atoms with Crippen molar-refractivity contribution in [1.29, 1.82) is 0 Å². The van der Waals surface area contributed by atoms with Crippen molar-refractivity contribution in [1.82, 2.24) is 14.9 Å². The predicted octanol–water partition coefficient (Wildman–Crippen LogP) is 2.95. The lowest BCUT2D eigenvalue weighted by atomic mass is 10.1. The minimum atomic E-state index is -0.592. The summed E-state index contributed by atoms with van der Waals surface area (Å²) in [6.45, 7) is 11.2. The van der Waals surface area contributed by atoms with Gasteiger partial charge in [-0.25, -0.2) is 4.98 Å². The number of allylic oxidation sites excluding steroid dienone is 3. The van der Waals surface area contributed by atoms with Crippen LogP contribution in [0.25, 0.3) is 16.0 Å². The summed E-state index contributed by atoms with van der Waals surface area (Å²) in [4.78, 5) is 31.4. The van der Waals surface area contributed by atoms with Gasteiger partial charge in [-0.3, -0.25) is 14.2 Å². The third-order valence-electron chi connectivity index (χ3n) is 5.65. The number of ether oxygens (including phenoxy) is 1. The van der Waals surface area contributed by atoms with Crippen LogP contribution in [0.5, 0.6) is 5.75 Å². The minimum absolute atomic E-state index is 0.162. The molecule has 0 saturated carbocycles. The van der Waals surface area contributed by atoms with Crippen LogP contribution >= 0.6 is 11.3 Å². The molecule has 1 amide bonds. The number of nitrogens with zero attached hydrogens (tertiary/aromatic N) is 3. The van der Waals surface area contributed by atoms with Gasteiger partial charge in [0.05, 0.1) is 28.3 Å². The lowest BCUT2D eigenvalue weighted by molar-refractivity contribution is 0.100. The summed E-state index contributed by atoms with van der Waals surface area (Å²) < 4.78 is 7.21. The van der Waals surface area contributed by atoms with E-state index in [2.05, 4.69) is 23.5 Å². The molecule has 1 aromatic carbocycles. The van der Waals surface area contributed by atoms with Crippen LogP contribution in [0.1, 0.15) is 22.5 Å². The second-order valence-corrected chi connectivity index (χ2v) is 8.97. The fraction of sp³-hybridized carbons (Fsp3) is 0.240. The zero-order chi connectivity index (χ0) is 24.9. The summed E-state index contributed by atoms with van der Waals surface area (Å²) in [6.07, 6.45) is 8.04. The molecule has 1 saturated heterocycles. The smallest absolute Gasteiger partial charge is 0.298 e. The average Bonchev–Trinajstić information content (AvgIpc) is 3.56. The van der Waals surface area contributed by atoms with Crippen LogP contribution in [0.4, 0.5) is 11.5 Å². The normalized spacial score (nSPS) is 15.1. The molecule has 9 nitrogen and oxygen atoms in total. The maximum absolute atomic E-state index is 12.9. The number of fused-ring (bicyclic) bond motifs is 2. The number of nitrogen functional groups attached to an aromatic ring is 1. The molecule has 4 heterocycles. The number of carbonyl (C=O) groups excluding carboxylic acids is 1. The minimum Gasteiger partial charge on any atom is -0.490 e. The van der Waals surface area contributed by atoms with E-state index in [0.717, 1.165) is 22.7 Å². The second kappa shape index (κ2) is 10.6. The molecule has 0 spiro atoms. The van der Waals surface area contributed by atoms with Crippen molar-refractivity contribution >= 4 is 39.1 Å². The number of nitrogens with one attached hydrogen (secondary N) is 1. The molecule has 0 radical (unpaired) electrons. The highest BCUT2D eigenvalue weighted by Crippen LogP contribution is 2.36. The number of primary amides is 1. The van der Waals surface area contributed by atoms with Crippen molar-refractivity contribution in [2.75, 3.05) is 36.9 Å². The zero-order valence-corrected chi connectivity index (χ0v) is 20.1. The van der Waals surface area contributed by atoms with Crippen molar-refractivity contribution in [3.8, 4) is 11.4 Å². The summed E-state index contributed by atoms with van der Waals surface area (Å²) in [6, 6.07) is 6.93. The molecular formula is C25H28N6O3S. The molecule has 0 atom stereocenters. The Balaban J connectivity index is 0.000000514. The molecule has 5 rings (SSSR count). The maximum Gasteiger partial charge on any atom is 0.298 e. The Morgan fingerprint density at radius 2 is 2.00 bits per heavy atom. The van der Waals surface area contributed by atoms with Gasteiger partial charge < -0.3 is 26.4 Å². The first-order valence-corrected chi connectivity index (χ1v) is 12.1. The van der Waals surface area contributed by atoms with E-state index in [-0.39, 0.29) is 5.82 Å². The zero-order valence-electron chi connectivity index (χ0n) is 19.3. The van der Waals surface area contributed by atoms with Gasteiger partial charge in [0.1, 0.15) is 17.2 Å². The summed E-state index contributed by atoms with van der Waals surface area (Å²) in [7, 11) is 0. The van der Waals surface area contributed by atoms with Gasteiger partial charge in [0.15, 0.2) is 5.82 Å². The average molecular weight is 493 g/mol. The predicted molar refractivity (Wildman–Crippen MR) is 142 cm³/mol. The van der Waals surface area contributed by atoms with Gasteiger partial charge >= 0.3 is 0 Å². The number of benzene rings is 1. The third kappa shape index (κ3) is 4.98. The molecule has 0 bridgehead atoms. The topological polar surface area (TPSA) is 128 Å². The fourth-order valence-corrected chi connectivity index (χ4v) is 4.88. The van der Waals surface area contributed by atoms with E-state index in [9.17, 15) is 9.59 Å². The van der Waals surface area contributed by atoms with Crippen LogP contribution in [0, 0.1) is 0 Å². The highest BCUT2D eigenvalue weighted by Gasteiger charge is 2.22. The number of hydrogen-bond acceptors (Lipinski definition) is 8. The molecule has 1 fully saturated rings. The lowest BCUT2D eigenvalue weighted by Crippen LogP contribution is -2.32. The highest BCUT2D eigenvalue weighted by atomic mass is 32.1. The van der Waals surface area contributed by atoms with E-state index < -0.39 is 11.5 Å². The number of anilines is 2. The van der Waals surface area contributed by atoms with Crippen molar-refractivity contribution in [3.05, 3.63) is 76.6 Å². The Bertz CT molecular complexity index is 1360. The van der Waals surface area contributed by atoms with Gasteiger partial charge in [-0.05, 0) is 62.3 Å².